The molecule has 0 spiro atoms. The molecule has 0 heterocycles. The van der Waals surface area contributed by atoms with Crippen LogP contribution in [0.3, 0.4) is 0 Å². The molecular weight excluding hydrogens is 223 g/mol. The average Bonchev–Trinajstić information content (AvgIpc) is 2.28. The molecule has 94 valence electrons. The maximum atomic E-state index is 12.9. The highest BCUT2D eigenvalue weighted by Crippen LogP contribution is 2.30. The normalized spacial score (nSPS) is 27.6. The molecule has 0 saturated heterocycles. The first-order chi connectivity index (χ1) is 8.11. The summed E-state index contributed by atoms with van der Waals surface area (Å²) in [4.78, 5) is 0. The highest BCUT2D eigenvalue weighted by Gasteiger charge is 2.42. The maximum Gasteiger partial charge on any atom is 0.130 e. The summed E-state index contributed by atoms with van der Waals surface area (Å²) < 4.78 is 24.0. The van der Waals surface area contributed by atoms with Crippen LogP contribution in [0.2, 0.25) is 0 Å². The minimum absolute atomic E-state index is 0.144. The van der Waals surface area contributed by atoms with Gasteiger partial charge in [-0.2, -0.15) is 0 Å². The molecule has 0 aliphatic heterocycles. The number of benzene rings is 1. The zero-order chi connectivity index (χ0) is 12.4. The van der Waals surface area contributed by atoms with Gasteiger partial charge in [0.1, 0.15) is 23.8 Å². The zero-order valence-corrected chi connectivity index (χ0v) is 10.0. The summed E-state index contributed by atoms with van der Waals surface area (Å²) in [5.41, 5.74) is 0.752. The predicted molar refractivity (Wildman–Crippen MR) is 61.6 cm³/mol. The van der Waals surface area contributed by atoms with Crippen LogP contribution in [0.25, 0.3) is 0 Å². The number of rotatable bonds is 4. The van der Waals surface area contributed by atoms with Gasteiger partial charge in [0.05, 0.1) is 6.10 Å². The topological polar surface area (TPSA) is 38.7 Å². The van der Waals surface area contributed by atoms with E-state index in [-0.39, 0.29) is 18.0 Å². The van der Waals surface area contributed by atoms with Crippen LogP contribution in [-0.4, -0.2) is 30.0 Å². The van der Waals surface area contributed by atoms with Crippen molar-refractivity contribution >= 4 is 0 Å². The molecule has 1 saturated carbocycles. The molecule has 1 aromatic carbocycles. The smallest absolute Gasteiger partial charge is 0.130 e. The minimum atomic E-state index is -0.458. The molecule has 0 bridgehead atoms. The number of aryl methyl sites for hydroxylation is 1. The standard InChI is InChI=1S/C13H17FO3/c1-3-16-13-10(15)7-12(13)17-11-5-4-9(14)6-8(11)2/h4-6,10,12-13,15H,3,7H2,1-2H3. The van der Waals surface area contributed by atoms with Crippen LogP contribution in [0.4, 0.5) is 4.39 Å². The van der Waals surface area contributed by atoms with E-state index in [0.29, 0.717) is 18.8 Å². The number of hydrogen-bond donors (Lipinski definition) is 1. The Morgan fingerprint density at radius 1 is 1.47 bits per heavy atom. The molecule has 1 aliphatic rings. The van der Waals surface area contributed by atoms with E-state index >= 15 is 0 Å². The van der Waals surface area contributed by atoms with Gasteiger partial charge in [-0.1, -0.05) is 0 Å². The number of halogens is 1. The molecule has 4 heteroatoms. The summed E-state index contributed by atoms with van der Waals surface area (Å²) in [6, 6.07) is 4.41. The number of hydrogen-bond acceptors (Lipinski definition) is 3. The zero-order valence-electron chi connectivity index (χ0n) is 10.0. The van der Waals surface area contributed by atoms with Crippen LogP contribution in [0.15, 0.2) is 18.2 Å². The van der Waals surface area contributed by atoms with E-state index in [1.165, 1.54) is 12.1 Å². The molecule has 1 fully saturated rings. The summed E-state index contributed by atoms with van der Waals surface area (Å²) in [5.74, 6) is 0.373. The van der Waals surface area contributed by atoms with Gasteiger partial charge in [-0.15, -0.1) is 0 Å². The van der Waals surface area contributed by atoms with E-state index in [1.807, 2.05) is 6.92 Å². The van der Waals surface area contributed by atoms with Crippen molar-refractivity contribution in [3.63, 3.8) is 0 Å². The van der Waals surface area contributed by atoms with Gasteiger partial charge in [0.15, 0.2) is 0 Å². The Morgan fingerprint density at radius 3 is 2.82 bits per heavy atom. The molecule has 2 rings (SSSR count). The Morgan fingerprint density at radius 2 is 2.24 bits per heavy atom. The van der Waals surface area contributed by atoms with Crippen molar-refractivity contribution in [2.24, 2.45) is 0 Å². The van der Waals surface area contributed by atoms with Gasteiger partial charge in [0.25, 0.3) is 0 Å². The van der Waals surface area contributed by atoms with Gasteiger partial charge in [-0.05, 0) is 37.6 Å². The van der Waals surface area contributed by atoms with Gasteiger partial charge in [-0.3, -0.25) is 0 Å². The maximum absolute atomic E-state index is 12.9. The highest BCUT2D eigenvalue weighted by atomic mass is 19.1. The number of aliphatic hydroxyl groups is 1. The second-order valence-electron chi connectivity index (χ2n) is 4.29. The molecule has 3 nitrogen and oxygen atoms in total. The molecule has 1 aromatic rings. The average molecular weight is 240 g/mol. The summed E-state index contributed by atoms with van der Waals surface area (Å²) >= 11 is 0. The monoisotopic (exact) mass is 240 g/mol. The quantitative estimate of drug-likeness (QED) is 0.875. The fourth-order valence-electron chi connectivity index (χ4n) is 1.99. The third-order valence-corrected chi connectivity index (χ3v) is 2.99. The fraction of sp³-hybridized carbons (Fsp3) is 0.538. The van der Waals surface area contributed by atoms with E-state index in [0.717, 1.165) is 5.56 Å². The third kappa shape index (κ3) is 2.58. The third-order valence-electron chi connectivity index (χ3n) is 2.99. The lowest BCUT2D eigenvalue weighted by atomic mass is 9.88. The van der Waals surface area contributed by atoms with Crippen molar-refractivity contribution < 1.29 is 19.0 Å². The van der Waals surface area contributed by atoms with Crippen LogP contribution in [0.1, 0.15) is 18.9 Å². The van der Waals surface area contributed by atoms with Gasteiger partial charge in [0.2, 0.25) is 0 Å². The Bertz CT molecular complexity index is 394. The van der Waals surface area contributed by atoms with E-state index < -0.39 is 6.10 Å². The molecule has 3 atom stereocenters. The Kier molecular flexibility index (Phi) is 3.64. The van der Waals surface area contributed by atoms with Gasteiger partial charge in [-0.25, -0.2) is 4.39 Å². The van der Waals surface area contributed by atoms with Crippen LogP contribution in [-0.2, 0) is 4.74 Å². The Labute approximate surface area is 100 Å². The van der Waals surface area contributed by atoms with Crippen molar-refractivity contribution in [3.05, 3.63) is 29.6 Å². The van der Waals surface area contributed by atoms with Gasteiger partial charge >= 0.3 is 0 Å². The summed E-state index contributed by atoms with van der Waals surface area (Å²) in [6.45, 7) is 4.22. The first-order valence-corrected chi connectivity index (χ1v) is 5.84. The number of ether oxygens (including phenoxy) is 2. The highest BCUT2D eigenvalue weighted by molar-refractivity contribution is 5.33. The number of aliphatic hydroxyl groups excluding tert-OH is 1. The first-order valence-electron chi connectivity index (χ1n) is 5.84. The summed E-state index contributed by atoms with van der Waals surface area (Å²) in [7, 11) is 0. The largest absolute Gasteiger partial charge is 0.487 e. The van der Waals surface area contributed by atoms with E-state index in [2.05, 4.69) is 0 Å². The van der Waals surface area contributed by atoms with E-state index in [4.69, 9.17) is 9.47 Å². The van der Waals surface area contributed by atoms with Crippen molar-refractivity contribution in [2.75, 3.05) is 6.61 Å². The van der Waals surface area contributed by atoms with Crippen molar-refractivity contribution in [1.29, 1.82) is 0 Å². The van der Waals surface area contributed by atoms with Crippen LogP contribution in [0, 0.1) is 12.7 Å². The van der Waals surface area contributed by atoms with E-state index in [9.17, 15) is 9.50 Å². The lowest BCUT2D eigenvalue weighted by molar-refractivity contribution is -0.160. The lowest BCUT2D eigenvalue weighted by Gasteiger charge is -2.40. The second-order valence-corrected chi connectivity index (χ2v) is 4.29. The van der Waals surface area contributed by atoms with Crippen LogP contribution < -0.4 is 4.74 Å². The van der Waals surface area contributed by atoms with Gasteiger partial charge in [0, 0.05) is 13.0 Å². The predicted octanol–water partition coefficient (Wildman–Crippen LogP) is 2.05. The molecule has 1 aliphatic carbocycles. The SMILES string of the molecule is CCOC1C(O)CC1Oc1ccc(F)cc1C. The lowest BCUT2D eigenvalue weighted by Crippen LogP contribution is -2.55. The second kappa shape index (κ2) is 5.02. The van der Waals surface area contributed by atoms with Crippen LogP contribution >= 0.6 is 0 Å². The molecule has 3 unspecified atom stereocenters. The molecule has 0 radical (unpaired) electrons. The minimum Gasteiger partial charge on any atom is -0.487 e. The fourth-order valence-corrected chi connectivity index (χ4v) is 1.99. The molecule has 17 heavy (non-hydrogen) atoms. The van der Waals surface area contributed by atoms with Crippen molar-refractivity contribution in [3.8, 4) is 5.75 Å². The molecular formula is C13H17FO3. The van der Waals surface area contributed by atoms with Gasteiger partial charge < -0.3 is 14.6 Å². The Hall–Kier alpha value is -1.13. The Balaban J connectivity index is 2.01. The summed E-state index contributed by atoms with van der Waals surface area (Å²) in [6.07, 6.45) is -0.319. The van der Waals surface area contributed by atoms with Crippen molar-refractivity contribution in [1.82, 2.24) is 0 Å². The molecule has 1 N–H and O–H groups in total. The summed E-state index contributed by atoms with van der Waals surface area (Å²) in [5, 5.41) is 9.54. The molecule has 0 amide bonds. The van der Waals surface area contributed by atoms with Crippen molar-refractivity contribution in [2.45, 2.75) is 38.6 Å². The van der Waals surface area contributed by atoms with Crippen LogP contribution in [0.5, 0.6) is 5.75 Å². The first kappa shape index (κ1) is 12.3. The van der Waals surface area contributed by atoms with E-state index in [1.54, 1.807) is 13.0 Å². The molecule has 0 aromatic heterocycles.